The third-order valence-electron chi connectivity index (χ3n) is 2.52. The number of carbonyl (C=O) groups is 1. The van der Waals surface area contributed by atoms with Gasteiger partial charge in [0.2, 0.25) is 11.1 Å². The van der Waals surface area contributed by atoms with E-state index in [1.54, 1.807) is 0 Å². The first-order valence-electron chi connectivity index (χ1n) is 5.40. The normalized spacial score (nSPS) is 11.4. The third kappa shape index (κ3) is 3.05. The molecule has 1 aromatic carbocycles. The largest absolute Gasteiger partial charge is 0.476 e. The molecule has 0 spiro atoms. The molecule has 2 rings (SSSR count). The number of carboxylic acid groups (broad SMARTS) is 1. The van der Waals surface area contributed by atoms with E-state index in [-0.39, 0.29) is 5.02 Å². The summed E-state index contributed by atoms with van der Waals surface area (Å²) in [4.78, 5) is 22.1. The van der Waals surface area contributed by atoms with Crippen LogP contribution in [-0.2, 0) is 6.18 Å². The molecule has 2 aromatic rings. The van der Waals surface area contributed by atoms with Gasteiger partial charge in [0.15, 0.2) is 0 Å². The number of carboxylic acids is 1. The van der Waals surface area contributed by atoms with E-state index in [4.69, 9.17) is 16.7 Å². The zero-order valence-corrected chi connectivity index (χ0v) is 10.8. The minimum absolute atomic E-state index is 0.134. The Hall–Kier alpha value is -2.35. The number of nitrogens with zero attached hydrogens (tertiary/aromatic N) is 2. The number of alkyl halides is 3. The quantitative estimate of drug-likeness (QED) is 0.924. The molecule has 0 fully saturated rings. The fourth-order valence-electron chi connectivity index (χ4n) is 1.63. The molecule has 0 unspecified atom stereocenters. The summed E-state index contributed by atoms with van der Waals surface area (Å²) in [6, 6.07) is 3.75. The second-order valence-electron chi connectivity index (χ2n) is 3.94. The first kappa shape index (κ1) is 15.0. The van der Waals surface area contributed by atoms with Gasteiger partial charge in [-0.3, -0.25) is 4.79 Å². The molecule has 21 heavy (non-hydrogen) atoms. The minimum Gasteiger partial charge on any atom is -0.476 e. The minimum atomic E-state index is -4.71. The Morgan fingerprint density at radius 1 is 1.29 bits per heavy atom. The number of rotatable bonds is 2. The van der Waals surface area contributed by atoms with Crippen molar-refractivity contribution in [1.29, 1.82) is 0 Å². The summed E-state index contributed by atoms with van der Waals surface area (Å²) in [6.07, 6.45) is -3.76. The maximum atomic E-state index is 13.0. The van der Waals surface area contributed by atoms with Gasteiger partial charge < -0.3 is 5.11 Å². The smallest absolute Gasteiger partial charge is 0.418 e. The first-order valence-corrected chi connectivity index (χ1v) is 5.78. The highest BCUT2D eigenvalue weighted by Crippen LogP contribution is 2.35. The molecule has 1 heterocycles. The van der Waals surface area contributed by atoms with Gasteiger partial charge in [-0.1, -0.05) is 11.6 Å². The lowest BCUT2D eigenvalue weighted by molar-refractivity contribution is -0.137. The van der Waals surface area contributed by atoms with Crippen molar-refractivity contribution in [1.82, 2.24) is 9.78 Å². The van der Waals surface area contributed by atoms with E-state index in [1.807, 2.05) is 0 Å². The molecule has 0 atom stereocenters. The number of halogens is 4. The van der Waals surface area contributed by atoms with Crippen molar-refractivity contribution in [2.24, 2.45) is 0 Å². The Morgan fingerprint density at radius 2 is 1.95 bits per heavy atom. The molecule has 5 nitrogen and oxygen atoms in total. The molecule has 0 aliphatic rings. The average molecular weight is 319 g/mol. The summed E-state index contributed by atoms with van der Waals surface area (Å²) in [5, 5.41) is 12.1. The van der Waals surface area contributed by atoms with Crippen LogP contribution in [0.2, 0.25) is 5.02 Å². The van der Waals surface area contributed by atoms with E-state index in [9.17, 15) is 22.8 Å². The molecule has 1 N–H and O–H groups in total. The Kier molecular flexibility index (Phi) is 3.73. The zero-order chi connectivity index (χ0) is 15.8. The van der Waals surface area contributed by atoms with Gasteiger partial charge in [-0.25, -0.2) is 9.48 Å². The van der Waals surface area contributed by atoms with Crippen LogP contribution in [0.25, 0.3) is 5.69 Å². The van der Waals surface area contributed by atoms with Crippen LogP contribution < -0.4 is 5.43 Å². The van der Waals surface area contributed by atoms with Gasteiger partial charge >= 0.3 is 12.1 Å². The number of hydrogen-bond acceptors (Lipinski definition) is 3. The molecule has 1 aromatic heterocycles. The molecule has 0 amide bonds. The standard InChI is InChI=1S/C12H6ClF3N2O3/c13-6-1-2-8(7(5-6)12(14,15)16)18-4-3-9(19)10(17-18)11(20)21/h1-5H,(H,20,21). The zero-order valence-electron chi connectivity index (χ0n) is 10.1. The Morgan fingerprint density at radius 3 is 2.52 bits per heavy atom. The maximum Gasteiger partial charge on any atom is 0.418 e. The highest BCUT2D eigenvalue weighted by atomic mass is 35.5. The van der Waals surface area contributed by atoms with E-state index in [1.165, 1.54) is 6.07 Å². The van der Waals surface area contributed by atoms with E-state index < -0.39 is 34.5 Å². The van der Waals surface area contributed by atoms with Gasteiger partial charge in [-0.05, 0) is 18.2 Å². The van der Waals surface area contributed by atoms with Crippen LogP contribution in [0.4, 0.5) is 13.2 Å². The van der Waals surface area contributed by atoms with Gasteiger partial charge in [0.25, 0.3) is 0 Å². The van der Waals surface area contributed by atoms with Crippen LogP contribution in [0.3, 0.4) is 0 Å². The number of benzene rings is 1. The summed E-state index contributed by atoms with van der Waals surface area (Å²) in [5.41, 5.74) is -3.31. The summed E-state index contributed by atoms with van der Waals surface area (Å²) in [7, 11) is 0. The van der Waals surface area contributed by atoms with Crippen molar-refractivity contribution in [3.8, 4) is 5.69 Å². The molecular formula is C12H6ClF3N2O3. The van der Waals surface area contributed by atoms with Crippen LogP contribution in [0.1, 0.15) is 16.1 Å². The lowest BCUT2D eigenvalue weighted by atomic mass is 10.1. The van der Waals surface area contributed by atoms with Gasteiger partial charge in [-0.2, -0.15) is 18.3 Å². The topological polar surface area (TPSA) is 72.2 Å². The lowest BCUT2D eigenvalue weighted by Gasteiger charge is -2.14. The van der Waals surface area contributed by atoms with E-state index in [2.05, 4.69) is 5.10 Å². The summed E-state index contributed by atoms with van der Waals surface area (Å²) in [5.74, 6) is -1.63. The van der Waals surface area contributed by atoms with Crippen LogP contribution >= 0.6 is 11.6 Å². The fourth-order valence-corrected chi connectivity index (χ4v) is 1.80. The molecule has 0 radical (unpaired) electrons. The summed E-state index contributed by atoms with van der Waals surface area (Å²) in [6.45, 7) is 0. The molecule has 0 aliphatic carbocycles. The predicted molar refractivity (Wildman–Crippen MR) is 66.8 cm³/mol. The van der Waals surface area contributed by atoms with Gasteiger partial charge in [0.1, 0.15) is 0 Å². The van der Waals surface area contributed by atoms with E-state index >= 15 is 0 Å². The fraction of sp³-hybridized carbons (Fsp3) is 0.0833. The van der Waals surface area contributed by atoms with Gasteiger partial charge in [0, 0.05) is 17.3 Å². The molecule has 0 aliphatic heterocycles. The van der Waals surface area contributed by atoms with Crippen molar-refractivity contribution >= 4 is 17.6 Å². The Balaban J connectivity index is 2.71. The average Bonchev–Trinajstić information content (AvgIpc) is 2.38. The van der Waals surface area contributed by atoms with Gasteiger partial charge in [-0.15, -0.1) is 0 Å². The predicted octanol–water partition coefficient (Wildman–Crippen LogP) is 2.60. The van der Waals surface area contributed by atoms with Gasteiger partial charge in [0.05, 0.1) is 11.3 Å². The summed E-state index contributed by atoms with van der Waals surface area (Å²) < 4.78 is 39.6. The molecule has 0 saturated carbocycles. The highest BCUT2D eigenvalue weighted by Gasteiger charge is 2.34. The molecule has 110 valence electrons. The van der Waals surface area contributed by atoms with Crippen molar-refractivity contribution in [2.75, 3.05) is 0 Å². The first-order chi connectivity index (χ1) is 9.70. The number of hydrogen-bond donors (Lipinski definition) is 1. The summed E-state index contributed by atoms with van der Waals surface area (Å²) >= 11 is 5.54. The SMILES string of the molecule is O=C(O)c1nn(-c2ccc(Cl)cc2C(F)(F)F)ccc1=O. The second-order valence-corrected chi connectivity index (χ2v) is 4.37. The Labute approximate surface area is 120 Å². The molecular weight excluding hydrogens is 313 g/mol. The van der Waals surface area contributed by atoms with E-state index in [0.29, 0.717) is 10.7 Å². The lowest BCUT2D eigenvalue weighted by Crippen LogP contribution is -2.21. The van der Waals surface area contributed by atoms with Crippen molar-refractivity contribution in [2.45, 2.75) is 6.18 Å². The van der Waals surface area contributed by atoms with E-state index in [0.717, 1.165) is 18.3 Å². The monoisotopic (exact) mass is 318 g/mol. The molecule has 0 bridgehead atoms. The maximum absolute atomic E-state index is 13.0. The number of aromatic nitrogens is 2. The number of aromatic carboxylic acids is 1. The molecule has 9 heteroatoms. The van der Waals surface area contributed by atoms with Crippen molar-refractivity contribution < 1.29 is 23.1 Å². The van der Waals surface area contributed by atoms with Crippen LogP contribution in [-0.4, -0.2) is 20.9 Å². The Bertz CT molecular complexity index is 771. The highest BCUT2D eigenvalue weighted by molar-refractivity contribution is 6.30. The third-order valence-corrected chi connectivity index (χ3v) is 2.76. The van der Waals surface area contributed by atoms with Crippen LogP contribution in [0.5, 0.6) is 0 Å². The van der Waals surface area contributed by atoms with Crippen molar-refractivity contribution in [3.63, 3.8) is 0 Å². The van der Waals surface area contributed by atoms with Crippen LogP contribution in [0.15, 0.2) is 35.3 Å². The second kappa shape index (κ2) is 5.21. The van der Waals surface area contributed by atoms with Crippen LogP contribution in [0, 0.1) is 0 Å². The molecule has 0 saturated heterocycles. The van der Waals surface area contributed by atoms with Crippen molar-refractivity contribution in [3.05, 3.63) is 57.0 Å².